The first kappa shape index (κ1) is 13.6. The highest BCUT2D eigenvalue weighted by Gasteiger charge is 2.35. The number of hydrogen-bond donors (Lipinski definition) is 1. The summed E-state index contributed by atoms with van der Waals surface area (Å²) in [7, 11) is 0. The van der Waals surface area contributed by atoms with Gasteiger partial charge in [0.2, 0.25) is 0 Å². The van der Waals surface area contributed by atoms with Crippen LogP contribution in [0.2, 0.25) is 0 Å². The average molecular weight is 246 g/mol. The van der Waals surface area contributed by atoms with Gasteiger partial charge < -0.3 is 10.5 Å². The van der Waals surface area contributed by atoms with Gasteiger partial charge in [-0.25, -0.2) is 4.79 Å². The van der Waals surface area contributed by atoms with Crippen molar-refractivity contribution in [2.45, 2.75) is 45.4 Å². The molecule has 1 fully saturated rings. The summed E-state index contributed by atoms with van der Waals surface area (Å²) in [5.41, 5.74) is 5.19. The largest absolute Gasteiger partial charge is 0.444 e. The third kappa shape index (κ3) is 3.56. The molecule has 0 radical (unpaired) electrons. The van der Waals surface area contributed by atoms with Gasteiger partial charge >= 0.3 is 6.09 Å². The Balaban J connectivity index is 2.64. The van der Waals surface area contributed by atoms with Gasteiger partial charge in [0, 0.05) is 24.1 Å². The van der Waals surface area contributed by atoms with Gasteiger partial charge in [-0.3, -0.25) is 4.90 Å². The van der Waals surface area contributed by atoms with E-state index in [4.69, 9.17) is 10.5 Å². The van der Waals surface area contributed by atoms with E-state index in [0.29, 0.717) is 12.6 Å². The molecule has 1 heterocycles. The number of thioether (sulfide) groups is 1. The number of hydrogen-bond acceptors (Lipinski definition) is 4. The molecular formula is C11H22N2O2S. The molecule has 2 N–H and O–H groups in total. The molecule has 1 aliphatic heterocycles. The Labute approximate surface area is 102 Å². The van der Waals surface area contributed by atoms with Crippen LogP contribution in [0.4, 0.5) is 4.79 Å². The van der Waals surface area contributed by atoms with Gasteiger partial charge in [0.15, 0.2) is 0 Å². The molecule has 16 heavy (non-hydrogen) atoms. The number of nitrogens with zero attached hydrogens (tertiary/aromatic N) is 1. The maximum absolute atomic E-state index is 12.0. The second-order valence-electron chi connectivity index (χ2n) is 5.16. The van der Waals surface area contributed by atoms with E-state index in [1.807, 2.05) is 39.5 Å². The smallest absolute Gasteiger partial charge is 0.410 e. The van der Waals surface area contributed by atoms with E-state index in [-0.39, 0.29) is 12.1 Å². The lowest BCUT2D eigenvalue weighted by Crippen LogP contribution is -2.55. The molecule has 1 atom stereocenters. The molecular weight excluding hydrogens is 224 g/mol. The van der Waals surface area contributed by atoms with Gasteiger partial charge in [0.25, 0.3) is 0 Å². The first-order valence-corrected chi connectivity index (χ1v) is 6.79. The van der Waals surface area contributed by atoms with Crippen molar-refractivity contribution in [2.75, 3.05) is 18.1 Å². The van der Waals surface area contributed by atoms with Crippen molar-refractivity contribution in [3.63, 3.8) is 0 Å². The van der Waals surface area contributed by atoms with Crippen molar-refractivity contribution >= 4 is 17.9 Å². The summed E-state index contributed by atoms with van der Waals surface area (Å²) in [6.07, 6.45) is -0.240. The lowest BCUT2D eigenvalue weighted by molar-refractivity contribution is 0.0111. The van der Waals surface area contributed by atoms with E-state index in [1.54, 1.807) is 4.90 Å². The van der Waals surface area contributed by atoms with Gasteiger partial charge in [-0.15, -0.1) is 0 Å². The van der Waals surface area contributed by atoms with Gasteiger partial charge in [0.1, 0.15) is 5.60 Å². The fourth-order valence-electron chi connectivity index (χ4n) is 1.50. The van der Waals surface area contributed by atoms with Crippen LogP contribution in [-0.2, 0) is 4.74 Å². The van der Waals surface area contributed by atoms with E-state index in [9.17, 15) is 4.79 Å². The van der Waals surface area contributed by atoms with E-state index in [2.05, 4.69) is 0 Å². The minimum absolute atomic E-state index is 0.0424. The van der Waals surface area contributed by atoms with E-state index in [1.165, 1.54) is 0 Å². The third-order valence-corrected chi connectivity index (χ3v) is 3.68. The van der Waals surface area contributed by atoms with Crippen molar-refractivity contribution in [1.29, 1.82) is 0 Å². The SMILES string of the molecule is CC(CN)N(C(=O)OC(C)(C)C)C1CSC1. The molecule has 0 aromatic heterocycles. The zero-order valence-electron chi connectivity index (χ0n) is 10.5. The standard InChI is InChI=1S/C11H22N2O2S/c1-8(5-12)13(9-6-16-7-9)10(14)15-11(2,3)4/h8-9H,5-7,12H2,1-4H3. The minimum Gasteiger partial charge on any atom is -0.444 e. The van der Waals surface area contributed by atoms with Crippen LogP contribution in [-0.4, -0.2) is 46.7 Å². The Hall–Kier alpha value is -0.420. The van der Waals surface area contributed by atoms with Crippen molar-refractivity contribution in [1.82, 2.24) is 4.90 Å². The van der Waals surface area contributed by atoms with Crippen LogP contribution < -0.4 is 5.73 Å². The molecule has 1 amide bonds. The normalized spacial score (nSPS) is 18.8. The van der Waals surface area contributed by atoms with Gasteiger partial charge in [-0.1, -0.05) is 0 Å². The Bertz CT molecular complexity index is 244. The predicted octanol–water partition coefficient (Wildman–Crippen LogP) is 1.69. The predicted molar refractivity (Wildman–Crippen MR) is 67.7 cm³/mol. The summed E-state index contributed by atoms with van der Waals surface area (Å²) >= 11 is 1.85. The zero-order valence-corrected chi connectivity index (χ0v) is 11.3. The molecule has 5 heteroatoms. The summed E-state index contributed by atoms with van der Waals surface area (Å²) in [6, 6.07) is 0.333. The Morgan fingerprint density at radius 1 is 1.56 bits per heavy atom. The molecule has 1 unspecified atom stereocenters. The molecule has 1 aliphatic rings. The highest BCUT2D eigenvalue weighted by Crippen LogP contribution is 2.26. The second kappa shape index (κ2) is 5.27. The zero-order chi connectivity index (χ0) is 12.3. The van der Waals surface area contributed by atoms with Gasteiger partial charge in [-0.2, -0.15) is 11.8 Å². The van der Waals surface area contributed by atoms with E-state index < -0.39 is 5.60 Å². The minimum atomic E-state index is -0.444. The molecule has 0 aromatic rings. The topological polar surface area (TPSA) is 55.6 Å². The molecule has 1 rings (SSSR count). The Kier molecular flexibility index (Phi) is 4.50. The average Bonchev–Trinajstić information content (AvgIpc) is 2.06. The molecule has 1 saturated heterocycles. The number of carbonyl (C=O) groups is 1. The van der Waals surface area contributed by atoms with Crippen molar-refractivity contribution in [2.24, 2.45) is 5.73 Å². The molecule has 0 aliphatic carbocycles. The number of ether oxygens (including phenoxy) is 1. The van der Waals surface area contributed by atoms with Crippen LogP contribution in [0.15, 0.2) is 0 Å². The third-order valence-electron chi connectivity index (χ3n) is 2.43. The first-order valence-electron chi connectivity index (χ1n) is 5.64. The maximum Gasteiger partial charge on any atom is 0.410 e. The lowest BCUT2D eigenvalue weighted by Gasteiger charge is -2.40. The summed E-state index contributed by atoms with van der Waals surface area (Å²) in [5, 5.41) is 0. The highest BCUT2D eigenvalue weighted by molar-refractivity contribution is 8.00. The fraction of sp³-hybridized carbons (Fsp3) is 0.909. The fourth-order valence-corrected chi connectivity index (χ4v) is 2.27. The van der Waals surface area contributed by atoms with Crippen molar-refractivity contribution < 1.29 is 9.53 Å². The molecule has 0 spiro atoms. The van der Waals surface area contributed by atoms with Crippen molar-refractivity contribution in [3.05, 3.63) is 0 Å². The van der Waals surface area contributed by atoms with Crippen LogP contribution in [0, 0.1) is 0 Å². The number of carbonyl (C=O) groups excluding carboxylic acids is 1. The molecule has 94 valence electrons. The summed E-state index contributed by atoms with van der Waals surface area (Å²) < 4.78 is 5.40. The highest BCUT2D eigenvalue weighted by atomic mass is 32.2. The monoisotopic (exact) mass is 246 g/mol. The molecule has 4 nitrogen and oxygen atoms in total. The van der Waals surface area contributed by atoms with Crippen LogP contribution in [0.3, 0.4) is 0 Å². The first-order chi connectivity index (χ1) is 7.35. The molecule has 0 aromatic carbocycles. The van der Waals surface area contributed by atoms with Crippen LogP contribution in [0.25, 0.3) is 0 Å². The number of nitrogens with two attached hydrogens (primary N) is 1. The number of amides is 1. The quantitative estimate of drug-likeness (QED) is 0.823. The summed E-state index contributed by atoms with van der Waals surface area (Å²) in [5.74, 6) is 1.98. The van der Waals surface area contributed by atoms with Crippen LogP contribution in [0.5, 0.6) is 0 Å². The molecule has 0 bridgehead atoms. The lowest BCUT2D eigenvalue weighted by atomic mass is 10.2. The maximum atomic E-state index is 12.0. The van der Waals surface area contributed by atoms with Crippen molar-refractivity contribution in [3.8, 4) is 0 Å². The number of rotatable bonds is 3. The van der Waals surface area contributed by atoms with Gasteiger partial charge in [-0.05, 0) is 27.7 Å². The van der Waals surface area contributed by atoms with Crippen LogP contribution in [0.1, 0.15) is 27.7 Å². The Morgan fingerprint density at radius 2 is 2.12 bits per heavy atom. The molecule has 0 saturated carbocycles. The summed E-state index contributed by atoms with van der Waals surface area (Å²) in [6.45, 7) is 8.08. The summed E-state index contributed by atoms with van der Waals surface area (Å²) in [4.78, 5) is 13.8. The van der Waals surface area contributed by atoms with E-state index in [0.717, 1.165) is 11.5 Å². The van der Waals surface area contributed by atoms with E-state index >= 15 is 0 Å². The second-order valence-corrected chi connectivity index (χ2v) is 6.24. The van der Waals surface area contributed by atoms with Crippen LogP contribution >= 0.6 is 11.8 Å². The Morgan fingerprint density at radius 3 is 2.44 bits per heavy atom. The van der Waals surface area contributed by atoms with Gasteiger partial charge in [0.05, 0.1) is 6.04 Å².